The molecule has 1 N–H and O–H groups in total. The second-order valence-corrected chi connectivity index (χ2v) is 8.07. The first kappa shape index (κ1) is 19.6. The van der Waals surface area contributed by atoms with Crippen molar-refractivity contribution < 1.29 is 14.3 Å². The van der Waals surface area contributed by atoms with Crippen LogP contribution in [-0.4, -0.2) is 18.1 Å². The maximum atomic E-state index is 12.4. The van der Waals surface area contributed by atoms with E-state index in [0.717, 1.165) is 29.0 Å². The first-order valence-corrected chi connectivity index (χ1v) is 9.67. The third kappa shape index (κ3) is 5.39. The molecule has 0 bridgehead atoms. The minimum atomic E-state index is -0.308. The van der Waals surface area contributed by atoms with E-state index in [9.17, 15) is 4.79 Å². The van der Waals surface area contributed by atoms with Gasteiger partial charge in [0.2, 0.25) is 5.91 Å². The van der Waals surface area contributed by atoms with Gasteiger partial charge in [0.25, 0.3) is 0 Å². The molecule has 1 atom stereocenters. The van der Waals surface area contributed by atoms with Crippen LogP contribution in [0.5, 0.6) is 11.5 Å². The second kappa shape index (κ2) is 8.22. The standard InChI is InChI=1S/C22H26ClNO3/c1-15-6-11-20-18(13-15)19(14-22(2,3)27-20)24-21(25)5-4-12-26-17-9-7-16(23)8-10-17/h6-11,13,19H,4-5,12,14H2,1-3H3,(H,24,25)/t19-/m0/s1. The van der Waals surface area contributed by atoms with Gasteiger partial charge >= 0.3 is 0 Å². The molecular weight excluding hydrogens is 362 g/mol. The molecule has 1 amide bonds. The predicted molar refractivity (Wildman–Crippen MR) is 108 cm³/mol. The normalized spacial score (nSPS) is 17.6. The number of rotatable bonds is 6. The Morgan fingerprint density at radius 3 is 2.74 bits per heavy atom. The van der Waals surface area contributed by atoms with Crippen LogP contribution in [0.1, 0.15) is 50.3 Å². The molecule has 0 saturated carbocycles. The molecule has 1 aliphatic heterocycles. The predicted octanol–water partition coefficient (Wildman–Crippen LogP) is 5.23. The largest absolute Gasteiger partial charge is 0.494 e. The van der Waals surface area contributed by atoms with E-state index < -0.39 is 0 Å². The summed E-state index contributed by atoms with van der Waals surface area (Å²) < 4.78 is 11.7. The lowest BCUT2D eigenvalue weighted by molar-refractivity contribution is -0.122. The van der Waals surface area contributed by atoms with Gasteiger partial charge in [0.05, 0.1) is 12.6 Å². The van der Waals surface area contributed by atoms with Crippen LogP contribution in [0.25, 0.3) is 0 Å². The molecule has 1 heterocycles. The average Bonchev–Trinajstić information content (AvgIpc) is 2.60. The summed E-state index contributed by atoms with van der Waals surface area (Å²) >= 11 is 5.86. The number of ether oxygens (including phenoxy) is 2. The van der Waals surface area contributed by atoms with E-state index in [1.165, 1.54) is 0 Å². The van der Waals surface area contributed by atoms with Crippen LogP contribution >= 0.6 is 11.6 Å². The summed E-state index contributed by atoms with van der Waals surface area (Å²) in [4.78, 5) is 12.4. The first-order valence-electron chi connectivity index (χ1n) is 9.30. The third-order valence-electron chi connectivity index (χ3n) is 4.59. The number of hydrogen-bond acceptors (Lipinski definition) is 3. The van der Waals surface area contributed by atoms with Gasteiger partial charge < -0.3 is 14.8 Å². The van der Waals surface area contributed by atoms with E-state index in [-0.39, 0.29) is 17.6 Å². The summed E-state index contributed by atoms with van der Waals surface area (Å²) in [6, 6.07) is 13.3. The van der Waals surface area contributed by atoms with Gasteiger partial charge in [-0.1, -0.05) is 29.3 Å². The molecule has 3 rings (SSSR count). The van der Waals surface area contributed by atoms with Crippen molar-refractivity contribution in [1.29, 1.82) is 0 Å². The molecule has 0 aromatic heterocycles. The maximum Gasteiger partial charge on any atom is 0.220 e. The molecular formula is C22H26ClNO3. The van der Waals surface area contributed by atoms with E-state index in [1.807, 2.05) is 31.2 Å². The number of aryl methyl sites for hydroxylation is 1. The van der Waals surface area contributed by atoms with Crippen molar-refractivity contribution in [2.75, 3.05) is 6.61 Å². The minimum Gasteiger partial charge on any atom is -0.494 e. The Kier molecular flexibility index (Phi) is 5.95. The Morgan fingerprint density at radius 2 is 2.00 bits per heavy atom. The zero-order valence-electron chi connectivity index (χ0n) is 16.0. The van der Waals surface area contributed by atoms with Crippen molar-refractivity contribution in [3.63, 3.8) is 0 Å². The van der Waals surface area contributed by atoms with E-state index >= 15 is 0 Å². The second-order valence-electron chi connectivity index (χ2n) is 7.63. The Morgan fingerprint density at radius 1 is 1.26 bits per heavy atom. The number of halogens is 1. The highest BCUT2D eigenvalue weighted by atomic mass is 35.5. The molecule has 4 nitrogen and oxygen atoms in total. The molecule has 0 radical (unpaired) electrons. The number of fused-ring (bicyclic) bond motifs is 1. The molecule has 2 aromatic carbocycles. The van der Waals surface area contributed by atoms with Gasteiger partial charge in [0, 0.05) is 23.4 Å². The Balaban J connectivity index is 1.53. The van der Waals surface area contributed by atoms with Gasteiger partial charge in [-0.15, -0.1) is 0 Å². The van der Waals surface area contributed by atoms with Crippen LogP contribution in [0.3, 0.4) is 0 Å². The van der Waals surface area contributed by atoms with Gasteiger partial charge in [-0.25, -0.2) is 0 Å². The summed E-state index contributed by atoms with van der Waals surface area (Å²) in [5, 5.41) is 3.85. The van der Waals surface area contributed by atoms with Crippen molar-refractivity contribution in [3.8, 4) is 11.5 Å². The highest BCUT2D eigenvalue weighted by molar-refractivity contribution is 6.30. The van der Waals surface area contributed by atoms with E-state index in [2.05, 4.69) is 25.2 Å². The van der Waals surface area contributed by atoms with Gasteiger partial charge in [0.1, 0.15) is 17.1 Å². The number of carbonyl (C=O) groups excluding carboxylic acids is 1. The summed E-state index contributed by atoms with van der Waals surface area (Å²) in [6.07, 6.45) is 1.82. The van der Waals surface area contributed by atoms with Crippen molar-refractivity contribution in [3.05, 3.63) is 58.6 Å². The Labute approximate surface area is 165 Å². The van der Waals surface area contributed by atoms with Crippen molar-refractivity contribution in [1.82, 2.24) is 5.32 Å². The zero-order chi connectivity index (χ0) is 19.4. The molecule has 0 fully saturated rings. The van der Waals surface area contributed by atoms with Crippen LogP contribution in [0.4, 0.5) is 0 Å². The molecule has 1 aliphatic rings. The Hall–Kier alpha value is -2.20. The van der Waals surface area contributed by atoms with Crippen molar-refractivity contribution in [2.24, 2.45) is 0 Å². The zero-order valence-corrected chi connectivity index (χ0v) is 16.8. The fourth-order valence-corrected chi connectivity index (χ4v) is 3.45. The summed E-state index contributed by atoms with van der Waals surface area (Å²) in [7, 11) is 0. The van der Waals surface area contributed by atoms with Crippen LogP contribution < -0.4 is 14.8 Å². The third-order valence-corrected chi connectivity index (χ3v) is 4.84. The topological polar surface area (TPSA) is 47.6 Å². The lowest BCUT2D eigenvalue weighted by atomic mass is 9.89. The highest BCUT2D eigenvalue weighted by Gasteiger charge is 2.34. The van der Waals surface area contributed by atoms with Crippen LogP contribution in [0, 0.1) is 6.92 Å². The number of nitrogens with one attached hydrogen (secondary N) is 1. The van der Waals surface area contributed by atoms with Crippen LogP contribution in [0.2, 0.25) is 5.02 Å². The van der Waals surface area contributed by atoms with Crippen LogP contribution in [-0.2, 0) is 4.79 Å². The molecule has 5 heteroatoms. The molecule has 144 valence electrons. The molecule has 0 spiro atoms. The monoisotopic (exact) mass is 387 g/mol. The maximum absolute atomic E-state index is 12.4. The van der Waals surface area contributed by atoms with Gasteiger partial charge in [-0.2, -0.15) is 0 Å². The minimum absolute atomic E-state index is 0.0323. The quantitative estimate of drug-likeness (QED) is 0.690. The smallest absolute Gasteiger partial charge is 0.220 e. The lowest BCUT2D eigenvalue weighted by Gasteiger charge is -2.38. The van der Waals surface area contributed by atoms with Gasteiger partial charge in [-0.3, -0.25) is 4.79 Å². The molecule has 0 saturated heterocycles. The molecule has 0 aliphatic carbocycles. The molecule has 27 heavy (non-hydrogen) atoms. The fraction of sp³-hybridized carbons (Fsp3) is 0.409. The fourth-order valence-electron chi connectivity index (χ4n) is 3.32. The van der Waals surface area contributed by atoms with E-state index in [4.69, 9.17) is 21.1 Å². The highest BCUT2D eigenvalue weighted by Crippen LogP contribution is 2.39. The van der Waals surface area contributed by atoms with Gasteiger partial charge in [-0.05, 0) is 57.5 Å². The first-order chi connectivity index (χ1) is 12.8. The number of hydrogen-bond donors (Lipinski definition) is 1. The molecule has 0 unspecified atom stereocenters. The number of amides is 1. The van der Waals surface area contributed by atoms with Gasteiger partial charge in [0.15, 0.2) is 0 Å². The van der Waals surface area contributed by atoms with Crippen molar-refractivity contribution >= 4 is 17.5 Å². The summed E-state index contributed by atoms with van der Waals surface area (Å²) in [5.74, 6) is 1.65. The number of carbonyl (C=O) groups is 1. The summed E-state index contributed by atoms with van der Waals surface area (Å²) in [6.45, 7) is 6.64. The summed E-state index contributed by atoms with van der Waals surface area (Å²) in [5.41, 5.74) is 1.91. The Bertz CT molecular complexity index is 802. The SMILES string of the molecule is Cc1ccc2c(c1)[C@@H](NC(=O)CCCOc1ccc(Cl)cc1)CC(C)(C)O2. The lowest BCUT2D eigenvalue weighted by Crippen LogP contribution is -2.41. The average molecular weight is 388 g/mol. The molecule has 2 aromatic rings. The van der Waals surface area contributed by atoms with E-state index in [0.29, 0.717) is 24.5 Å². The number of benzene rings is 2. The van der Waals surface area contributed by atoms with Crippen LogP contribution in [0.15, 0.2) is 42.5 Å². The van der Waals surface area contributed by atoms with Crippen molar-refractivity contribution in [2.45, 2.75) is 51.7 Å². The van der Waals surface area contributed by atoms with E-state index in [1.54, 1.807) is 12.1 Å².